The van der Waals surface area contributed by atoms with Gasteiger partial charge in [-0.15, -0.1) is 0 Å². The summed E-state index contributed by atoms with van der Waals surface area (Å²) in [6, 6.07) is 77.0. The third kappa shape index (κ3) is 6.08. The highest BCUT2D eigenvalue weighted by molar-refractivity contribution is 7.86. The molecular formula is C57H37N4OP. The molecule has 1 unspecified atom stereocenters. The summed E-state index contributed by atoms with van der Waals surface area (Å²) in [5, 5.41) is 4.79. The van der Waals surface area contributed by atoms with Crippen molar-refractivity contribution < 1.29 is 4.57 Å². The van der Waals surface area contributed by atoms with Crippen LogP contribution in [0.4, 0.5) is 0 Å². The average Bonchev–Trinajstić information content (AvgIpc) is 3.84. The minimum atomic E-state index is -3.27. The van der Waals surface area contributed by atoms with E-state index < -0.39 is 7.14 Å². The fourth-order valence-electron chi connectivity index (χ4n) is 9.25. The van der Waals surface area contributed by atoms with Gasteiger partial charge < -0.3 is 9.13 Å². The first-order chi connectivity index (χ1) is 31.1. The molecule has 0 amide bonds. The Hall–Kier alpha value is -7.98. The van der Waals surface area contributed by atoms with E-state index in [0.29, 0.717) is 17.5 Å². The number of benzene rings is 9. The van der Waals surface area contributed by atoms with Crippen molar-refractivity contribution in [2.75, 3.05) is 0 Å². The molecule has 1 aliphatic rings. The number of rotatable bonds is 7. The molecule has 0 bridgehead atoms. The molecule has 0 N–H and O–H groups in total. The third-order valence-corrected chi connectivity index (χ3v) is 15.5. The van der Waals surface area contributed by atoms with Gasteiger partial charge in [0.05, 0.1) is 16.3 Å². The number of hydrogen-bond acceptors (Lipinski definition) is 4. The molecule has 0 radical (unpaired) electrons. The molecule has 11 aromatic rings. The zero-order chi connectivity index (χ0) is 41.9. The minimum Gasteiger partial charge on any atom is -0.309 e. The summed E-state index contributed by atoms with van der Waals surface area (Å²) in [5.74, 6) is 1.77. The van der Waals surface area contributed by atoms with Crippen molar-refractivity contribution in [1.82, 2.24) is 19.5 Å². The molecule has 12 rings (SSSR count). The summed E-state index contributed by atoms with van der Waals surface area (Å²) in [5.41, 5.74) is 12.2. The second-order valence-corrected chi connectivity index (χ2v) is 18.6. The van der Waals surface area contributed by atoms with Crippen molar-refractivity contribution in [2.24, 2.45) is 0 Å². The number of nitrogens with zero attached hydrogens (tertiary/aromatic N) is 4. The van der Waals surface area contributed by atoms with E-state index in [-0.39, 0.29) is 0 Å². The normalized spacial score (nSPS) is 14.2. The highest BCUT2D eigenvalue weighted by atomic mass is 31.2. The van der Waals surface area contributed by atoms with Crippen LogP contribution in [0.15, 0.2) is 224 Å². The first-order valence-electron chi connectivity index (χ1n) is 21.1. The minimum absolute atomic E-state index is 0.577. The van der Waals surface area contributed by atoms with Gasteiger partial charge in [-0.05, 0) is 63.7 Å². The quantitative estimate of drug-likeness (QED) is 0.150. The van der Waals surface area contributed by atoms with Crippen LogP contribution in [0.25, 0.3) is 95.0 Å². The van der Waals surface area contributed by atoms with Crippen molar-refractivity contribution in [3.8, 4) is 73.2 Å². The SMILES string of the molecule is O=P1(c2ccccc2)c2ccccc2-c2ccc3c4ccccc4n(-c4ccc(-c5nc(-c6ccc(-c7ccccc7)cc6)nc(-c6ccc(-c7ccccc7)cc6)n5)cc4)c3c21. The third-order valence-electron chi connectivity index (χ3n) is 12.3. The molecule has 0 fully saturated rings. The lowest BCUT2D eigenvalue weighted by molar-refractivity contribution is 0.593. The van der Waals surface area contributed by atoms with Gasteiger partial charge in [0.2, 0.25) is 0 Å². The molecule has 2 aromatic heterocycles. The van der Waals surface area contributed by atoms with Gasteiger partial charge in [-0.2, -0.15) is 0 Å². The summed E-state index contributed by atoms with van der Waals surface area (Å²) in [4.78, 5) is 15.3. The maximum absolute atomic E-state index is 16.0. The number of aromatic nitrogens is 4. The van der Waals surface area contributed by atoms with E-state index >= 15 is 4.57 Å². The summed E-state index contributed by atoms with van der Waals surface area (Å²) < 4.78 is 18.3. The van der Waals surface area contributed by atoms with Crippen LogP contribution in [0, 0.1) is 0 Å². The molecule has 63 heavy (non-hydrogen) atoms. The number of para-hydroxylation sites is 1. The predicted octanol–water partition coefficient (Wildman–Crippen LogP) is 12.9. The fraction of sp³-hybridized carbons (Fsp3) is 0. The summed E-state index contributed by atoms with van der Waals surface area (Å²) in [6.07, 6.45) is 0. The summed E-state index contributed by atoms with van der Waals surface area (Å²) in [6.45, 7) is 0. The van der Waals surface area contributed by atoms with E-state index in [1.807, 2.05) is 60.7 Å². The van der Waals surface area contributed by atoms with E-state index in [2.05, 4.69) is 168 Å². The Morgan fingerprint density at radius 2 is 0.794 bits per heavy atom. The average molecular weight is 825 g/mol. The van der Waals surface area contributed by atoms with Gasteiger partial charge in [0.15, 0.2) is 24.6 Å². The van der Waals surface area contributed by atoms with Crippen molar-refractivity contribution in [2.45, 2.75) is 0 Å². The first-order valence-corrected chi connectivity index (χ1v) is 22.8. The fourth-order valence-corrected chi connectivity index (χ4v) is 12.5. The van der Waals surface area contributed by atoms with Gasteiger partial charge in [-0.1, -0.05) is 194 Å². The van der Waals surface area contributed by atoms with Crippen molar-refractivity contribution >= 4 is 44.9 Å². The lowest BCUT2D eigenvalue weighted by Gasteiger charge is -2.18. The Labute approximate surface area is 365 Å². The Morgan fingerprint density at radius 1 is 0.349 bits per heavy atom. The van der Waals surface area contributed by atoms with Gasteiger partial charge in [-0.25, -0.2) is 15.0 Å². The van der Waals surface area contributed by atoms with Gasteiger partial charge in [0, 0.05) is 43.8 Å². The molecule has 0 saturated carbocycles. The molecule has 1 aliphatic heterocycles. The molecule has 5 nitrogen and oxygen atoms in total. The van der Waals surface area contributed by atoms with Crippen molar-refractivity contribution in [3.63, 3.8) is 0 Å². The zero-order valence-corrected chi connectivity index (χ0v) is 34.9. The Morgan fingerprint density at radius 3 is 1.37 bits per heavy atom. The maximum atomic E-state index is 16.0. The largest absolute Gasteiger partial charge is 0.309 e. The number of fused-ring (bicyclic) bond motifs is 7. The maximum Gasteiger partial charge on any atom is 0.174 e. The number of hydrogen-bond donors (Lipinski definition) is 0. The molecule has 1 atom stereocenters. The van der Waals surface area contributed by atoms with Crippen LogP contribution < -0.4 is 15.9 Å². The van der Waals surface area contributed by atoms with Crippen molar-refractivity contribution in [3.05, 3.63) is 224 Å². The Kier molecular flexibility index (Phi) is 8.70. The van der Waals surface area contributed by atoms with Gasteiger partial charge >= 0.3 is 0 Å². The lowest BCUT2D eigenvalue weighted by atomic mass is 10.0. The second-order valence-electron chi connectivity index (χ2n) is 15.9. The Balaban J connectivity index is 1.01. The van der Waals surface area contributed by atoms with Crippen LogP contribution in [0.5, 0.6) is 0 Å². The lowest BCUT2D eigenvalue weighted by Crippen LogP contribution is -2.22. The van der Waals surface area contributed by atoms with Gasteiger partial charge in [-0.3, -0.25) is 0 Å². The highest BCUT2D eigenvalue weighted by Crippen LogP contribution is 2.55. The van der Waals surface area contributed by atoms with Crippen LogP contribution in [0.3, 0.4) is 0 Å². The monoisotopic (exact) mass is 824 g/mol. The van der Waals surface area contributed by atoms with Gasteiger partial charge in [0.1, 0.15) is 0 Å². The first kappa shape index (κ1) is 36.8. The smallest absolute Gasteiger partial charge is 0.174 e. The van der Waals surface area contributed by atoms with Crippen molar-refractivity contribution in [1.29, 1.82) is 0 Å². The van der Waals surface area contributed by atoms with Crippen LogP contribution >= 0.6 is 7.14 Å². The van der Waals surface area contributed by atoms with E-state index in [4.69, 9.17) is 15.0 Å². The molecule has 6 heteroatoms. The van der Waals surface area contributed by atoms with E-state index in [1.54, 1.807) is 0 Å². The molecule has 296 valence electrons. The highest BCUT2D eigenvalue weighted by Gasteiger charge is 2.42. The molecule has 9 aromatic carbocycles. The summed E-state index contributed by atoms with van der Waals surface area (Å²) in [7, 11) is -3.27. The van der Waals surface area contributed by atoms with E-state index in [0.717, 1.165) is 93.5 Å². The van der Waals surface area contributed by atoms with Crippen LogP contribution in [0.1, 0.15) is 0 Å². The van der Waals surface area contributed by atoms with Gasteiger partial charge in [0.25, 0.3) is 0 Å². The standard InChI is InChI=1S/C57H37N4OP/c62-63(46-18-8-3-9-19-46)52-23-13-11-21-48(52)50-37-36-49-47-20-10-12-22-51(47)61(53(49)54(50)63)45-34-32-44(33-35-45)57-59-55(42-28-24-40(25-29-42)38-14-4-1-5-15-38)58-56(60-57)43-30-26-41(27-31-43)39-16-6-2-7-17-39/h1-37H. The van der Waals surface area contributed by atoms with Crippen LogP contribution in [-0.4, -0.2) is 19.5 Å². The van der Waals surface area contributed by atoms with E-state index in [9.17, 15) is 0 Å². The van der Waals surface area contributed by atoms with Crippen LogP contribution in [-0.2, 0) is 4.57 Å². The molecule has 0 spiro atoms. The molecule has 0 aliphatic carbocycles. The molecule has 3 heterocycles. The zero-order valence-electron chi connectivity index (χ0n) is 34.0. The van der Waals surface area contributed by atoms with Crippen LogP contribution in [0.2, 0.25) is 0 Å². The molecular weight excluding hydrogens is 788 g/mol. The Bertz CT molecular complexity index is 3450. The summed E-state index contributed by atoms with van der Waals surface area (Å²) >= 11 is 0. The predicted molar refractivity (Wildman–Crippen MR) is 260 cm³/mol. The molecule has 0 saturated heterocycles. The second kappa shape index (κ2) is 14.9. The topological polar surface area (TPSA) is 60.7 Å². The van der Waals surface area contributed by atoms with E-state index in [1.165, 1.54) is 0 Å².